The van der Waals surface area contributed by atoms with E-state index in [2.05, 4.69) is 25.8 Å². The zero-order chi connectivity index (χ0) is 16.4. The van der Waals surface area contributed by atoms with Gasteiger partial charge in [0, 0.05) is 44.0 Å². The van der Waals surface area contributed by atoms with Crippen LogP contribution in [0, 0.1) is 12.3 Å². The molecule has 2 aromatic heterocycles. The third-order valence-electron chi connectivity index (χ3n) is 4.97. The zero-order valence-electron chi connectivity index (χ0n) is 14.1. The lowest BCUT2D eigenvalue weighted by Crippen LogP contribution is -2.40. The van der Waals surface area contributed by atoms with Gasteiger partial charge in [-0.05, 0) is 31.5 Å². The average Bonchev–Trinajstić information content (AvgIpc) is 3.13. The standard InChI is InChI=1S/C18H24N4O2/c1-15-3-4-16(24-15)11-21-9-10-23-14-18(12-21)5-8-22(13-18)17-19-6-2-7-20-17/h2-4,6-7H,5,8-14H2,1H3. The predicted molar refractivity (Wildman–Crippen MR) is 90.8 cm³/mol. The van der Waals surface area contributed by atoms with Gasteiger partial charge in [0.2, 0.25) is 5.95 Å². The highest BCUT2D eigenvalue weighted by Gasteiger charge is 2.42. The first-order valence-corrected chi connectivity index (χ1v) is 8.60. The zero-order valence-corrected chi connectivity index (χ0v) is 14.1. The molecule has 0 amide bonds. The molecule has 2 aliphatic rings. The molecule has 2 fully saturated rings. The normalized spacial score (nSPS) is 25.3. The molecule has 4 rings (SSSR count). The van der Waals surface area contributed by atoms with E-state index >= 15 is 0 Å². The number of rotatable bonds is 3. The van der Waals surface area contributed by atoms with Gasteiger partial charge in [-0.3, -0.25) is 4.90 Å². The van der Waals surface area contributed by atoms with Gasteiger partial charge in [0.25, 0.3) is 0 Å². The van der Waals surface area contributed by atoms with Crippen LogP contribution in [0.25, 0.3) is 0 Å². The molecule has 0 radical (unpaired) electrons. The van der Waals surface area contributed by atoms with Crippen LogP contribution in [0.2, 0.25) is 0 Å². The van der Waals surface area contributed by atoms with Crippen molar-refractivity contribution in [3.8, 4) is 0 Å². The SMILES string of the molecule is Cc1ccc(CN2CCOCC3(CCN(c4ncccn4)C3)C2)o1. The van der Waals surface area contributed by atoms with Gasteiger partial charge in [0.05, 0.1) is 19.8 Å². The topological polar surface area (TPSA) is 54.6 Å². The molecule has 2 aliphatic heterocycles. The van der Waals surface area contributed by atoms with E-state index in [-0.39, 0.29) is 5.41 Å². The summed E-state index contributed by atoms with van der Waals surface area (Å²) in [4.78, 5) is 13.5. The first-order chi connectivity index (χ1) is 11.7. The van der Waals surface area contributed by atoms with E-state index in [1.807, 2.05) is 31.5 Å². The van der Waals surface area contributed by atoms with Gasteiger partial charge in [-0.25, -0.2) is 9.97 Å². The van der Waals surface area contributed by atoms with Crippen LogP contribution in [-0.4, -0.2) is 54.3 Å². The Morgan fingerprint density at radius 1 is 1.17 bits per heavy atom. The van der Waals surface area contributed by atoms with E-state index in [1.165, 1.54) is 0 Å². The van der Waals surface area contributed by atoms with Gasteiger partial charge in [-0.1, -0.05) is 0 Å². The smallest absolute Gasteiger partial charge is 0.225 e. The molecule has 0 saturated carbocycles. The molecule has 0 N–H and O–H groups in total. The van der Waals surface area contributed by atoms with Crippen molar-refractivity contribution in [1.29, 1.82) is 0 Å². The van der Waals surface area contributed by atoms with Gasteiger partial charge in [0.15, 0.2) is 0 Å². The van der Waals surface area contributed by atoms with E-state index in [1.54, 1.807) is 0 Å². The number of anilines is 1. The molecule has 6 heteroatoms. The molecule has 0 bridgehead atoms. The molecule has 2 saturated heterocycles. The Labute approximate surface area is 142 Å². The molecule has 24 heavy (non-hydrogen) atoms. The van der Waals surface area contributed by atoms with Crippen LogP contribution in [0.4, 0.5) is 5.95 Å². The summed E-state index contributed by atoms with van der Waals surface area (Å²) >= 11 is 0. The largest absolute Gasteiger partial charge is 0.465 e. The Bertz CT molecular complexity index is 675. The predicted octanol–water partition coefficient (Wildman–Crippen LogP) is 2.11. The summed E-state index contributed by atoms with van der Waals surface area (Å²) in [6.07, 6.45) is 4.73. The second-order valence-electron chi connectivity index (χ2n) is 7.00. The lowest BCUT2D eigenvalue weighted by Gasteiger charge is -2.31. The summed E-state index contributed by atoms with van der Waals surface area (Å²) in [6, 6.07) is 5.97. The summed E-state index contributed by atoms with van der Waals surface area (Å²) in [5, 5.41) is 0. The van der Waals surface area contributed by atoms with Crippen LogP contribution in [0.1, 0.15) is 17.9 Å². The average molecular weight is 328 g/mol. The first kappa shape index (κ1) is 15.6. The van der Waals surface area contributed by atoms with Crippen molar-refractivity contribution in [2.75, 3.05) is 44.3 Å². The van der Waals surface area contributed by atoms with E-state index in [4.69, 9.17) is 9.15 Å². The second-order valence-corrected chi connectivity index (χ2v) is 7.00. The summed E-state index contributed by atoms with van der Waals surface area (Å²) in [7, 11) is 0. The van der Waals surface area contributed by atoms with Crippen molar-refractivity contribution < 1.29 is 9.15 Å². The number of hydrogen-bond donors (Lipinski definition) is 0. The Morgan fingerprint density at radius 3 is 2.83 bits per heavy atom. The maximum atomic E-state index is 5.95. The third-order valence-corrected chi connectivity index (χ3v) is 4.97. The van der Waals surface area contributed by atoms with E-state index in [9.17, 15) is 0 Å². The fourth-order valence-electron chi connectivity index (χ4n) is 3.81. The Kier molecular flexibility index (Phi) is 4.24. The maximum Gasteiger partial charge on any atom is 0.225 e. The molecule has 2 aromatic rings. The Balaban J connectivity index is 1.46. The minimum atomic E-state index is 0.150. The molecule has 6 nitrogen and oxygen atoms in total. The van der Waals surface area contributed by atoms with E-state index in [0.29, 0.717) is 0 Å². The molecule has 4 heterocycles. The minimum absolute atomic E-state index is 0.150. The number of aryl methyl sites for hydroxylation is 1. The number of ether oxygens (including phenoxy) is 1. The summed E-state index contributed by atoms with van der Waals surface area (Å²) in [5.41, 5.74) is 0.150. The van der Waals surface area contributed by atoms with Crippen molar-refractivity contribution in [3.63, 3.8) is 0 Å². The fourth-order valence-corrected chi connectivity index (χ4v) is 3.81. The monoisotopic (exact) mass is 328 g/mol. The van der Waals surface area contributed by atoms with Crippen molar-refractivity contribution in [2.24, 2.45) is 5.41 Å². The van der Waals surface area contributed by atoms with Crippen LogP contribution in [0.3, 0.4) is 0 Å². The third kappa shape index (κ3) is 3.30. The second kappa shape index (κ2) is 6.53. The van der Waals surface area contributed by atoms with Gasteiger partial charge in [0.1, 0.15) is 11.5 Å². The summed E-state index contributed by atoms with van der Waals surface area (Å²) in [5.74, 6) is 2.83. The van der Waals surface area contributed by atoms with E-state index in [0.717, 1.165) is 69.8 Å². The van der Waals surface area contributed by atoms with E-state index < -0.39 is 0 Å². The summed E-state index contributed by atoms with van der Waals surface area (Å²) < 4.78 is 11.7. The molecule has 128 valence electrons. The summed E-state index contributed by atoms with van der Waals surface area (Å²) in [6.45, 7) is 8.34. The molecule has 0 aliphatic carbocycles. The number of aromatic nitrogens is 2. The molecule has 1 atom stereocenters. The first-order valence-electron chi connectivity index (χ1n) is 8.60. The van der Waals surface area contributed by atoms with Crippen LogP contribution < -0.4 is 4.90 Å². The highest BCUT2D eigenvalue weighted by atomic mass is 16.5. The lowest BCUT2D eigenvalue weighted by atomic mass is 9.87. The van der Waals surface area contributed by atoms with Gasteiger partial charge >= 0.3 is 0 Å². The van der Waals surface area contributed by atoms with Crippen LogP contribution in [-0.2, 0) is 11.3 Å². The number of furan rings is 1. The Hall–Kier alpha value is -1.92. The maximum absolute atomic E-state index is 5.95. The molecule has 1 spiro atoms. The minimum Gasteiger partial charge on any atom is -0.465 e. The van der Waals surface area contributed by atoms with Crippen LogP contribution >= 0.6 is 0 Å². The van der Waals surface area contributed by atoms with Crippen molar-refractivity contribution in [2.45, 2.75) is 19.9 Å². The molecule has 0 aromatic carbocycles. The molecular weight excluding hydrogens is 304 g/mol. The highest BCUT2D eigenvalue weighted by Crippen LogP contribution is 2.35. The molecule has 1 unspecified atom stereocenters. The van der Waals surface area contributed by atoms with Crippen molar-refractivity contribution in [1.82, 2.24) is 14.9 Å². The lowest BCUT2D eigenvalue weighted by molar-refractivity contribution is 0.0796. The van der Waals surface area contributed by atoms with Crippen molar-refractivity contribution >= 4 is 5.95 Å². The van der Waals surface area contributed by atoms with Crippen LogP contribution in [0.15, 0.2) is 35.0 Å². The number of nitrogens with zero attached hydrogens (tertiary/aromatic N) is 4. The highest BCUT2D eigenvalue weighted by molar-refractivity contribution is 5.32. The quantitative estimate of drug-likeness (QED) is 0.860. The number of hydrogen-bond acceptors (Lipinski definition) is 6. The van der Waals surface area contributed by atoms with Gasteiger partial charge < -0.3 is 14.1 Å². The Morgan fingerprint density at radius 2 is 2.04 bits per heavy atom. The molecular formula is C18H24N4O2. The van der Waals surface area contributed by atoms with Gasteiger partial charge in [-0.15, -0.1) is 0 Å². The van der Waals surface area contributed by atoms with Crippen molar-refractivity contribution in [3.05, 3.63) is 42.1 Å². The van der Waals surface area contributed by atoms with Gasteiger partial charge in [-0.2, -0.15) is 0 Å². The van der Waals surface area contributed by atoms with Crippen LogP contribution in [0.5, 0.6) is 0 Å². The fraction of sp³-hybridized carbons (Fsp3) is 0.556.